The Balaban J connectivity index is 2.19. The lowest BCUT2D eigenvalue weighted by atomic mass is 10.0. The van der Waals surface area contributed by atoms with Crippen LogP contribution in [0.5, 0.6) is 0 Å². The molecule has 2 aromatic carbocycles. The lowest BCUT2D eigenvalue weighted by Crippen LogP contribution is -2.17. The normalized spacial score (nSPS) is 15.3. The van der Waals surface area contributed by atoms with Crippen molar-refractivity contribution in [2.75, 3.05) is 0 Å². The molecule has 0 saturated carbocycles. The van der Waals surface area contributed by atoms with E-state index in [4.69, 9.17) is 4.42 Å². The Hall–Kier alpha value is -2.05. The molecule has 6 heteroatoms. The van der Waals surface area contributed by atoms with Crippen molar-refractivity contribution >= 4 is 47.8 Å². The van der Waals surface area contributed by atoms with Gasteiger partial charge in [0.15, 0.2) is 4.67 Å². The molecule has 0 unspecified atom stereocenters. The van der Waals surface area contributed by atoms with Crippen molar-refractivity contribution in [1.29, 1.82) is 0 Å². The van der Waals surface area contributed by atoms with Crippen LogP contribution in [0.2, 0.25) is 0 Å². The maximum absolute atomic E-state index is 13.1. The number of aromatic nitrogens is 1. The van der Waals surface area contributed by atoms with E-state index in [0.29, 0.717) is 20.6 Å². The monoisotopic (exact) mass is 373 g/mol. The molecule has 0 atom stereocenters. The average Bonchev–Trinajstić information content (AvgIpc) is 3.05. The van der Waals surface area contributed by atoms with Crippen molar-refractivity contribution in [3.8, 4) is 11.1 Å². The van der Waals surface area contributed by atoms with Crippen LogP contribution in [0, 0.1) is 0 Å². The van der Waals surface area contributed by atoms with Gasteiger partial charge in [-0.15, -0.1) is 0 Å². The zero-order valence-corrected chi connectivity index (χ0v) is 13.5. The van der Waals surface area contributed by atoms with Crippen LogP contribution in [-0.4, -0.2) is 12.4 Å². The van der Waals surface area contributed by atoms with Gasteiger partial charge in [-0.05, 0) is 22.0 Å². The molecule has 0 N–H and O–H groups in total. The van der Waals surface area contributed by atoms with E-state index in [9.17, 15) is 8.42 Å². The Kier molecular flexibility index (Phi) is 2.17. The molecular formula is C16H8BrNO3S. The van der Waals surface area contributed by atoms with Crippen LogP contribution in [0.25, 0.3) is 32.9 Å². The summed E-state index contributed by atoms with van der Waals surface area (Å²) in [5.74, 6) is 0. The zero-order valence-electron chi connectivity index (χ0n) is 11.1. The molecule has 5 rings (SSSR count). The van der Waals surface area contributed by atoms with Gasteiger partial charge in [-0.3, -0.25) is 0 Å². The highest BCUT2D eigenvalue weighted by Gasteiger charge is 2.33. The van der Waals surface area contributed by atoms with E-state index in [1.54, 1.807) is 12.1 Å². The van der Waals surface area contributed by atoms with Gasteiger partial charge in [0, 0.05) is 16.5 Å². The van der Waals surface area contributed by atoms with Crippen LogP contribution in [0.1, 0.15) is 0 Å². The van der Waals surface area contributed by atoms with Crippen molar-refractivity contribution in [3.63, 3.8) is 0 Å². The van der Waals surface area contributed by atoms with Crippen LogP contribution in [0.3, 0.4) is 0 Å². The molecule has 1 aliphatic heterocycles. The van der Waals surface area contributed by atoms with Gasteiger partial charge in [-0.1, -0.05) is 36.4 Å². The summed E-state index contributed by atoms with van der Waals surface area (Å²) in [7, 11) is -3.64. The third kappa shape index (κ3) is 1.26. The summed E-state index contributed by atoms with van der Waals surface area (Å²) in [4.78, 5) is 0.324. The first-order valence-corrected chi connectivity index (χ1v) is 8.89. The van der Waals surface area contributed by atoms with Crippen LogP contribution < -0.4 is 0 Å². The lowest BCUT2D eigenvalue weighted by Gasteiger charge is -2.19. The SMILES string of the molecule is O=S1(=O)c2ccccc2-c2cccc3c4c(Br)occ4n1c23. The minimum atomic E-state index is -3.64. The van der Waals surface area contributed by atoms with Crippen LogP contribution >= 0.6 is 15.9 Å². The van der Waals surface area contributed by atoms with Gasteiger partial charge in [0.25, 0.3) is 10.0 Å². The first-order valence-electron chi connectivity index (χ1n) is 6.66. The van der Waals surface area contributed by atoms with E-state index in [-0.39, 0.29) is 0 Å². The fraction of sp³-hybridized carbons (Fsp3) is 0. The Morgan fingerprint density at radius 3 is 2.64 bits per heavy atom. The summed E-state index contributed by atoms with van der Waals surface area (Å²) in [6.07, 6.45) is 1.48. The predicted molar refractivity (Wildman–Crippen MR) is 87.4 cm³/mol. The van der Waals surface area contributed by atoms with Gasteiger partial charge in [0.2, 0.25) is 0 Å². The van der Waals surface area contributed by atoms with Gasteiger partial charge in [-0.2, -0.15) is 0 Å². The number of benzene rings is 2. The zero-order chi connectivity index (χ0) is 15.1. The largest absolute Gasteiger partial charge is 0.455 e. The van der Waals surface area contributed by atoms with E-state index in [1.165, 1.54) is 10.2 Å². The molecule has 0 saturated heterocycles. The van der Waals surface area contributed by atoms with Gasteiger partial charge < -0.3 is 4.42 Å². The molecule has 3 heterocycles. The first-order chi connectivity index (χ1) is 10.6. The second-order valence-corrected chi connectivity index (χ2v) is 7.71. The van der Waals surface area contributed by atoms with Crippen molar-refractivity contribution in [2.24, 2.45) is 0 Å². The third-order valence-electron chi connectivity index (χ3n) is 4.15. The van der Waals surface area contributed by atoms with Crippen LogP contribution in [0.15, 0.2) is 62.7 Å². The summed E-state index contributed by atoms with van der Waals surface area (Å²) in [5.41, 5.74) is 2.94. The number of nitrogens with zero attached hydrogens (tertiary/aromatic N) is 1. The number of furan rings is 1. The van der Waals surface area contributed by atoms with Gasteiger partial charge in [0.1, 0.15) is 11.8 Å². The Morgan fingerprint density at radius 2 is 1.77 bits per heavy atom. The summed E-state index contributed by atoms with van der Waals surface area (Å²) in [6.45, 7) is 0. The Labute approximate surface area is 134 Å². The standard InChI is InChI=1S/C16H8BrNO3S/c17-16-14-11-6-3-5-10-9-4-1-2-7-13(9)22(19,20)18(15(10)11)12(14)8-21-16/h1-8H. The minimum absolute atomic E-state index is 0.324. The van der Waals surface area contributed by atoms with Crippen molar-refractivity contribution < 1.29 is 12.8 Å². The quantitative estimate of drug-likeness (QED) is 0.405. The summed E-state index contributed by atoms with van der Waals surface area (Å²) in [6, 6.07) is 12.9. The molecule has 4 aromatic rings. The number of hydrogen-bond acceptors (Lipinski definition) is 3. The molecular weight excluding hydrogens is 366 g/mol. The molecule has 0 fully saturated rings. The molecule has 22 heavy (non-hydrogen) atoms. The number of halogens is 1. The van der Waals surface area contributed by atoms with E-state index < -0.39 is 10.0 Å². The highest BCUT2D eigenvalue weighted by molar-refractivity contribution is 9.10. The smallest absolute Gasteiger partial charge is 0.269 e. The maximum Gasteiger partial charge on any atom is 0.269 e. The number of hydrogen-bond donors (Lipinski definition) is 0. The first kappa shape index (κ1) is 12.5. The molecule has 108 valence electrons. The second-order valence-electron chi connectivity index (χ2n) is 5.24. The minimum Gasteiger partial charge on any atom is -0.455 e. The molecule has 4 nitrogen and oxygen atoms in total. The molecule has 0 amide bonds. The van der Waals surface area contributed by atoms with E-state index in [0.717, 1.165) is 21.9 Å². The van der Waals surface area contributed by atoms with Crippen molar-refractivity contribution in [2.45, 2.75) is 4.90 Å². The van der Waals surface area contributed by atoms with Crippen LogP contribution in [0.4, 0.5) is 0 Å². The number of rotatable bonds is 0. The van der Waals surface area contributed by atoms with E-state index >= 15 is 0 Å². The topological polar surface area (TPSA) is 52.2 Å². The predicted octanol–water partition coefficient (Wildman–Crippen LogP) is 4.37. The van der Waals surface area contributed by atoms with E-state index in [1.807, 2.05) is 30.3 Å². The molecule has 0 radical (unpaired) electrons. The maximum atomic E-state index is 13.1. The third-order valence-corrected chi connectivity index (χ3v) is 6.50. The molecule has 0 bridgehead atoms. The highest BCUT2D eigenvalue weighted by atomic mass is 79.9. The van der Waals surface area contributed by atoms with Crippen LogP contribution in [-0.2, 0) is 10.0 Å². The van der Waals surface area contributed by atoms with E-state index in [2.05, 4.69) is 15.9 Å². The summed E-state index contributed by atoms with van der Waals surface area (Å²) < 4.78 is 33.5. The van der Waals surface area contributed by atoms with Gasteiger partial charge >= 0.3 is 0 Å². The molecule has 0 aliphatic carbocycles. The van der Waals surface area contributed by atoms with Gasteiger partial charge in [-0.25, -0.2) is 12.4 Å². The second kappa shape index (κ2) is 3.83. The fourth-order valence-electron chi connectivity index (χ4n) is 3.28. The number of fused-ring (bicyclic) bond motifs is 5. The molecule has 1 aliphatic rings. The Morgan fingerprint density at radius 1 is 1.00 bits per heavy atom. The summed E-state index contributed by atoms with van der Waals surface area (Å²) in [5, 5.41) is 1.65. The molecule has 0 spiro atoms. The van der Waals surface area contributed by atoms with Gasteiger partial charge in [0.05, 0.1) is 15.8 Å². The Bertz CT molecular complexity index is 1200. The summed E-state index contributed by atoms with van der Waals surface area (Å²) >= 11 is 3.37. The lowest BCUT2D eigenvalue weighted by molar-refractivity contribution is 0.545. The van der Waals surface area contributed by atoms with Crippen molar-refractivity contribution in [1.82, 2.24) is 3.97 Å². The average molecular weight is 374 g/mol. The highest BCUT2D eigenvalue weighted by Crippen LogP contribution is 2.46. The molecule has 2 aromatic heterocycles. The fourth-order valence-corrected chi connectivity index (χ4v) is 5.53. The van der Waals surface area contributed by atoms with Crippen molar-refractivity contribution in [3.05, 3.63) is 53.4 Å². The number of para-hydroxylation sites is 1.